The minimum atomic E-state index is 0.256. The molecule has 128 valence electrons. The van der Waals surface area contributed by atoms with Crippen molar-refractivity contribution in [1.82, 2.24) is 0 Å². The van der Waals surface area contributed by atoms with Crippen LogP contribution in [-0.4, -0.2) is 5.78 Å². The van der Waals surface area contributed by atoms with Crippen molar-refractivity contribution in [1.29, 1.82) is 5.26 Å². The van der Waals surface area contributed by atoms with Gasteiger partial charge < -0.3 is 0 Å². The third kappa shape index (κ3) is 2.44. The summed E-state index contributed by atoms with van der Waals surface area (Å²) in [6.07, 6.45) is 2.52. The smallest absolute Gasteiger partial charge is 0.163 e. The summed E-state index contributed by atoms with van der Waals surface area (Å²) in [4.78, 5) is 12.4. The molecule has 0 aromatic heterocycles. The highest BCUT2D eigenvalue weighted by Crippen LogP contribution is 2.38. The van der Waals surface area contributed by atoms with E-state index in [1.807, 2.05) is 30.3 Å². The van der Waals surface area contributed by atoms with Crippen LogP contribution in [0.3, 0.4) is 0 Å². The first-order valence-corrected chi connectivity index (χ1v) is 9.27. The number of Topliss-reactive ketones (excluding diaryl/α,β-unsaturated/α-hetero) is 1. The Hall–Kier alpha value is -3.44. The van der Waals surface area contributed by atoms with Gasteiger partial charge in [0.05, 0.1) is 11.6 Å². The monoisotopic (exact) mass is 347 g/mol. The molecule has 0 saturated heterocycles. The molecule has 0 N–H and O–H groups in total. The van der Waals surface area contributed by atoms with Crippen LogP contribution in [-0.2, 0) is 6.42 Å². The quantitative estimate of drug-likeness (QED) is 0.393. The maximum Gasteiger partial charge on any atom is 0.163 e. The molecule has 0 saturated carbocycles. The van der Waals surface area contributed by atoms with Gasteiger partial charge in [-0.2, -0.15) is 5.26 Å². The molecular weight excluding hydrogens is 330 g/mol. The van der Waals surface area contributed by atoms with E-state index in [0.717, 1.165) is 29.5 Å². The summed E-state index contributed by atoms with van der Waals surface area (Å²) in [5, 5.41) is 13.9. The van der Waals surface area contributed by atoms with Crippen molar-refractivity contribution in [3.8, 4) is 17.2 Å². The average Bonchev–Trinajstić information content (AvgIpc) is 2.73. The molecule has 0 atom stereocenters. The van der Waals surface area contributed by atoms with Gasteiger partial charge in [0, 0.05) is 12.0 Å². The van der Waals surface area contributed by atoms with Gasteiger partial charge in [-0.1, -0.05) is 48.5 Å². The number of hydrogen-bond donors (Lipinski definition) is 0. The Bertz CT molecular complexity index is 1260. The van der Waals surface area contributed by atoms with Crippen LogP contribution < -0.4 is 0 Å². The molecule has 1 aliphatic carbocycles. The van der Waals surface area contributed by atoms with Crippen LogP contribution in [0.2, 0.25) is 0 Å². The molecule has 4 aromatic rings. The second-order valence-corrected chi connectivity index (χ2v) is 7.12. The third-order valence-electron chi connectivity index (χ3n) is 5.61. The summed E-state index contributed by atoms with van der Waals surface area (Å²) in [6.45, 7) is 0. The van der Waals surface area contributed by atoms with E-state index in [2.05, 4.69) is 42.5 Å². The first-order valence-electron chi connectivity index (χ1n) is 9.27. The summed E-state index contributed by atoms with van der Waals surface area (Å²) >= 11 is 0. The largest absolute Gasteiger partial charge is 0.294 e. The molecule has 2 nitrogen and oxygen atoms in total. The van der Waals surface area contributed by atoms with Crippen molar-refractivity contribution in [2.45, 2.75) is 19.3 Å². The number of carbonyl (C=O) groups is 1. The Morgan fingerprint density at radius 3 is 2.26 bits per heavy atom. The SMILES string of the molecule is N#Cc1ccc(-c2cc3c4c(ccc3c3ccccc23)C(=O)CCC4)cc1. The van der Waals surface area contributed by atoms with E-state index in [1.54, 1.807) is 0 Å². The maximum absolute atomic E-state index is 12.4. The van der Waals surface area contributed by atoms with E-state index < -0.39 is 0 Å². The number of carbonyl (C=O) groups excluding carboxylic acids is 1. The van der Waals surface area contributed by atoms with Crippen molar-refractivity contribution in [2.24, 2.45) is 0 Å². The molecule has 4 aromatic carbocycles. The molecule has 0 radical (unpaired) electrons. The molecule has 0 unspecified atom stereocenters. The van der Waals surface area contributed by atoms with Crippen LogP contribution in [0.5, 0.6) is 0 Å². The Balaban J connectivity index is 1.88. The third-order valence-corrected chi connectivity index (χ3v) is 5.61. The second kappa shape index (κ2) is 6.07. The normalized spacial score (nSPS) is 13.5. The van der Waals surface area contributed by atoms with Crippen molar-refractivity contribution in [2.75, 3.05) is 0 Å². The maximum atomic E-state index is 12.4. The van der Waals surface area contributed by atoms with E-state index in [0.29, 0.717) is 12.0 Å². The number of nitriles is 1. The zero-order valence-corrected chi connectivity index (χ0v) is 14.8. The molecule has 2 heteroatoms. The Morgan fingerprint density at radius 2 is 1.48 bits per heavy atom. The van der Waals surface area contributed by atoms with Crippen molar-refractivity contribution >= 4 is 27.3 Å². The fourth-order valence-electron chi connectivity index (χ4n) is 4.29. The molecule has 0 fully saturated rings. The molecule has 5 rings (SSSR count). The van der Waals surface area contributed by atoms with Gasteiger partial charge in [-0.05, 0) is 69.3 Å². The second-order valence-electron chi connectivity index (χ2n) is 7.12. The van der Waals surface area contributed by atoms with Gasteiger partial charge in [-0.25, -0.2) is 0 Å². The Morgan fingerprint density at radius 1 is 0.741 bits per heavy atom. The van der Waals surface area contributed by atoms with Gasteiger partial charge in [0.15, 0.2) is 5.78 Å². The lowest BCUT2D eigenvalue weighted by Crippen LogP contribution is -2.11. The van der Waals surface area contributed by atoms with E-state index in [9.17, 15) is 4.79 Å². The highest BCUT2D eigenvalue weighted by molar-refractivity contribution is 6.16. The lowest BCUT2D eigenvalue weighted by Gasteiger charge is -2.19. The highest BCUT2D eigenvalue weighted by atomic mass is 16.1. The van der Waals surface area contributed by atoms with Gasteiger partial charge in [0.25, 0.3) is 0 Å². The van der Waals surface area contributed by atoms with Gasteiger partial charge >= 0.3 is 0 Å². The number of benzene rings is 4. The summed E-state index contributed by atoms with van der Waals surface area (Å²) in [5.41, 5.74) is 4.96. The first-order chi connectivity index (χ1) is 13.3. The Labute approximate surface area is 157 Å². The van der Waals surface area contributed by atoms with E-state index in [-0.39, 0.29) is 5.78 Å². The van der Waals surface area contributed by atoms with Gasteiger partial charge in [0.1, 0.15) is 0 Å². The lowest BCUT2D eigenvalue weighted by atomic mass is 9.84. The number of nitrogens with zero attached hydrogens (tertiary/aromatic N) is 1. The predicted octanol–water partition coefficient (Wildman–Crippen LogP) is 6.05. The fraction of sp³-hybridized carbons (Fsp3) is 0.120. The van der Waals surface area contributed by atoms with Crippen LogP contribution in [0.25, 0.3) is 32.7 Å². The van der Waals surface area contributed by atoms with Crippen LogP contribution in [0, 0.1) is 11.3 Å². The number of rotatable bonds is 1. The van der Waals surface area contributed by atoms with Crippen LogP contribution >= 0.6 is 0 Å². The van der Waals surface area contributed by atoms with Gasteiger partial charge in [-0.3, -0.25) is 4.79 Å². The molecule has 0 amide bonds. The topological polar surface area (TPSA) is 40.9 Å². The van der Waals surface area contributed by atoms with Gasteiger partial charge in [0.2, 0.25) is 0 Å². The minimum absolute atomic E-state index is 0.256. The summed E-state index contributed by atoms with van der Waals surface area (Å²) in [5.74, 6) is 0.256. The summed E-state index contributed by atoms with van der Waals surface area (Å²) in [6, 6.07) is 24.7. The minimum Gasteiger partial charge on any atom is -0.294 e. The van der Waals surface area contributed by atoms with Crippen molar-refractivity contribution in [3.05, 3.63) is 83.4 Å². The number of aryl methyl sites for hydroxylation is 1. The highest BCUT2D eigenvalue weighted by Gasteiger charge is 2.20. The molecule has 27 heavy (non-hydrogen) atoms. The van der Waals surface area contributed by atoms with E-state index in [4.69, 9.17) is 5.26 Å². The molecule has 0 heterocycles. The predicted molar refractivity (Wildman–Crippen MR) is 109 cm³/mol. The van der Waals surface area contributed by atoms with Crippen molar-refractivity contribution in [3.63, 3.8) is 0 Å². The molecule has 0 aliphatic heterocycles. The summed E-state index contributed by atoms with van der Waals surface area (Å²) in [7, 11) is 0. The zero-order valence-electron chi connectivity index (χ0n) is 14.8. The average molecular weight is 347 g/mol. The van der Waals surface area contributed by atoms with Crippen LogP contribution in [0.15, 0.2) is 66.7 Å². The molecular formula is C25H17NO. The van der Waals surface area contributed by atoms with Crippen LogP contribution in [0.4, 0.5) is 0 Å². The first kappa shape index (κ1) is 15.8. The Kier molecular flexibility index (Phi) is 3.55. The lowest BCUT2D eigenvalue weighted by molar-refractivity contribution is 0.0973. The number of hydrogen-bond acceptors (Lipinski definition) is 2. The van der Waals surface area contributed by atoms with Crippen LogP contribution in [0.1, 0.15) is 34.3 Å². The van der Waals surface area contributed by atoms with Gasteiger partial charge in [-0.15, -0.1) is 0 Å². The fourth-order valence-corrected chi connectivity index (χ4v) is 4.29. The number of fused-ring (bicyclic) bond motifs is 5. The van der Waals surface area contributed by atoms with E-state index >= 15 is 0 Å². The molecule has 1 aliphatic rings. The molecule has 0 bridgehead atoms. The summed E-state index contributed by atoms with van der Waals surface area (Å²) < 4.78 is 0. The molecule has 0 spiro atoms. The van der Waals surface area contributed by atoms with E-state index in [1.165, 1.54) is 27.1 Å². The standard InChI is InChI=1S/C25H17NO/c26-15-16-8-10-17(11-9-16)23-14-24-20-6-3-7-25(27)22(20)13-12-21(24)18-4-1-2-5-19(18)23/h1-2,4-5,8-14H,3,6-7H2. The van der Waals surface area contributed by atoms with Crippen molar-refractivity contribution < 1.29 is 4.79 Å². The number of ketones is 1. The zero-order chi connectivity index (χ0) is 18.4.